The third-order valence-corrected chi connectivity index (χ3v) is 3.36. The highest BCUT2D eigenvalue weighted by Gasteiger charge is 2.24. The van der Waals surface area contributed by atoms with Crippen LogP contribution >= 0.6 is 27.5 Å². The molecular formula is C11H12BrClN2O2. The van der Waals surface area contributed by atoms with Crippen molar-refractivity contribution in [1.29, 1.82) is 0 Å². The van der Waals surface area contributed by atoms with Crippen molar-refractivity contribution in [3.63, 3.8) is 0 Å². The molecule has 1 amide bonds. The Hall–Kier alpha value is -0.650. The fourth-order valence-electron chi connectivity index (χ4n) is 1.66. The first-order valence-electron chi connectivity index (χ1n) is 5.29. The number of carbonyl (C=O) groups is 1. The van der Waals surface area contributed by atoms with E-state index in [0.717, 1.165) is 4.47 Å². The summed E-state index contributed by atoms with van der Waals surface area (Å²) in [6.07, 6.45) is 1.54. The van der Waals surface area contributed by atoms with Crippen molar-refractivity contribution in [2.24, 2.45) is 0 Å². The summed E-state index contributed by atoms with van der Waals surface area (Å²) in [7, 11) is 0. The largest absolute Gasteiger partial charge is 0.373 e. The maximum Gasteiger partial charge on any atom is 0.272 e. The summed E-state index contributed by atoms with van der Waals surface area (Å²) >= 11 is 9.02. The van der Waals surface area contributed by atoms with Crippen LogP contribution in [0.4, 0.5) is 0 Å². The molecule has 1 aromatic rings. The zero-order valence-electron chi connectivity index (χ0n) is 9.10. The Bertz CT molecular complexity index is 399. The second-order valence-electron chi connectivity index (χ2n) is 3.76. The molecule has 17 heavy (non-hydrogen) atoms. The van der Waals surface area contributed by atoms with Gasteiger partial charge in [0.1, 0.15) is 5.69 Å². The van der Waals surface area contributed by atoms with Gasteiger partial charge in [0.15, 0.2) is 0 Å². The number of ether oxygens (including phenoxy) is 1. The molecule has 0 bridgehead atoms. The van der Waals surface area contributed by atoms with Gasteiger partial charge in [0.2, 0.25) is 0 Å². The minimum atomic E-state index is -0.0789. The number of morpholine rings is 1. The van der Waals surface area contributed by atoms with E-state index in [1.54, 1.807) is 23.2 Å². The summed E-state index contributed by atoms with van der Waals surface area (Å²) in [6.45, 7) is 1.64. The van der Waals surface area contributed by atoms with Crippen LogP contribution in [0.5, 0.6) is 0 Å². The molecule has 1 aromatic heterocycles. The van der Waals surface area contributed by atoms with Crippen LogP contribution in [0.3, 0.4) is 0 Å². The number of pyridine rings is 1. The van der Waals surface area contributed by atoms with Crippen molar-refractivity contribution in [3.05, 3.63) is 28.5 Å². The number of amides is 1. The molecule has 1 saturated heterocycles. The number of hydrogen-bond donors (Lipinski definition) is 0. The molecule has 1 aliphatic heterocycles. The molecular weight excluding hydrogens is 307 g/mol. The van der Waals surface area contributed by atoms with E-state index in [2.05, 4.69) is 20.9 Å². The third kappa shape index (κ3) is 3.18. The van der Waals surface area contributed by atoms with Gasteiger partial charge in [0.25, 0.3) is 5.91 Å². The van der Waals surface area contributed by atoms with E-state index >= 15 is 0 Å². The van der Waals surface area contributed by atoms with Crippen LogP contribution in [0.1, 0.15) is 10.5 Å². The maximum absolute atomic E-state index is 12.1. The Labute approximate surface area is 113 Å². The average molecular weight is 320 g/mol. The highest BCUT2D eigenvalue weighted by atomic mass is 79.9. The SMILES string of the molecule is O=C(c1ccc(Br)cn1)N1CCOC(CCl)C1. The van der Waals surface area contributed by atoms with Crippen molar-refractivity contribution in [2.45, 2.75) is 6.10 Å². The van der Waals surface area contributed by atoms with Gasteiger partial charge in [-0.25, -0.2) is 4.98 Å². The summed E-state index contributed by atoms with van der Waals surface area (Å²) in [5, 5.41) is 0. The maximum atomic E-state index is 12.1. The summed E-state index contributed by atoms with van der Waals surface area (Å²) in [6, 6.07) is 3.51. The topological polar surface area (TPSA) is 42.4 Å². The van der Waals surface area contributed by atoms with Gasteiger partial charge in [-0.2, -0.15) is 0 Å². The molecule has 6 heteroatoms. The molecule has 0 aliphatic carbocycles. The normalized spacial score (nSPS) is 20.4. The van der Waals surface area contributed by atoms with E-state index in [4.69, 9.17) is 16.3 Å². The molecule has 1 unspecified atom stereocenters. The van der Waals surface area contributed by atoms with Crippen LogP contribution in [-0.2, 0) is 4.74 Å². The first kappa shape index (κ1) is 12.8. The lowest BCUT2D eigenvalue weighted by Crippen LogP contribution is -2.46. The van der Waals surface area contributed by atoms with Gasteiger partial charge in [-0.3, -0.25) is 4.79 Å². The zero-order chi connectivity index (χ0) is 12.3. The Kier molecular flexibility index (Phi) is 4.36. The first-order valence-corrected chi connectivity index (χ1v) is 6.62. The Morgan fingerprint density at radius 3 is 3.12 bits per heavy atom. The predicted octanol–water partition coefficient (Wildman–Crippen LogP) is 1.92. The number of aromatic nitrogens is 1. The summed E-state index contributed by atoms with van der Waals surface area (Å²) in [5.41, 5.74) is 0.448. The van der Waals surface area contributed by atoms with Gasteiger partial charge < -0.3 is 9.64 Å². The van der Waals surface area contributed by atoms with E-state index in [1.165, 1.54) is 0 Å². The van der Waals surface area contributed by atoms with Gasteiger partial charge in [-0.15, -0.1) is 11.6 Å². The molecule has 0 saturated carbocycles. The van der Waals surface area contributed by atoms with E-state index in [-0.39, 0.29) is 12.0 Å². The van der Waals surface area contributed by atoms with Gasteiger partial charge in [-0.1, -0.05) is 0 Å². The fraction of sp³-hybridized carbons (Fsp3) is 0.455. The lowest BCUT2D eigenvalue weighted by molar-refractivity contribution is -0.0110. The first-order chi connectivity index (χ1) is 8.20. The molecule has 1 aliphatic rings. The summed E-state index contributed by atoms with van der Waals surface area (Å²) < 4.78 is 6.26. The lowest BCUT2D eigenvalue weighted by Gasteiger charge is -2.31. The Balaban J connectivity index is 2.06. The van der Waals surface area contributed by atoms with E-state index in [9.17, 15) is 4.79 Å². The van der Waals surface area contributed by atoms with Gasteiger partial charge in [-0.05, 0) is 28.1 Å². The second kappa shape index (κ2) is 5.80. The number of halogens is 2. The molecule has 0 radical (unpaired) electrons. The number of nitrogens with zero attached hydrogens (tertiary/aromatic N) is 2. The zero-order valence-corrected chi connectivity index (χ0v) is 11.4. The van der Waals surface area contributed by atoms with Crippen molar-refractivity contribution in [3.8, 4) is 0 Å². The van der Waals surface area contributed by atoms with Crippen molar-refractivity contribution in [1.82, 2.24) is 9.88 Å². The van der Waals surface area contributed by atoms with Crippen LogP contribution in [-0.4, -0.2) is 47.5 Å². The monoisotopic (exact) mass is 318 g/mol. The third-order valence-electron chi connectivity index (χ3n) is 2.54. The summed E-state index contributed by atoms with van der Waals surface area (Å²) in [5.74, 6) is 0.327. The molecule has 0 aromatic carbocycles. The van der Waals surface area contributed by atoms with E-state index in [0.29, 0.717) is 31.3 Å². The smallest absolute Gasteiger partial charge is 0.272 e. The molecule has 1 atom stereocenters. The minimum Gasteiger partial charge on any atom is -0.373 e. The Morgan fingerprint density at radius 2 is 2.47 bits per heavy atom. The fourth-order valence-corrected chi connectivity index (χ4v) is 2.08. The van der Waals surface area contributed by atoms with Crippen molar-refractivity contribution >= 4 is 33.4 Å². The molecule has 0 spiro atoms. The van der Waals surface area contributed by atoms with E-state index < -0.39 is 0 Å². The van der Waals surface area contributed by atoms with Crippen LogP contribution in [0.25, 0.3) is 0 Å². The van der Waals surface area contributed by atoms with Crippen LogP contribution in [0.15, 0.2) is 22.8 Å². The van der Waals surface area contributed by atoms with Crippen LogP contribution in [0.2, 0.25) is 0 Å². The second-order valence-corrected chi connectivity index (χ2v) is 4.98. The predicted molar refractivity (Wildman–Crippen MR) is 68.3 cm³/mol. The number of alkyl halides is 1. The van der Waals surface area contributed by atoms with Gasteiger partial charge in [0, 0.05) is 23.8 Å². The molecule has 0 N–H and O–H groups in total. The van der Waals surface area contributed by atoms with Crippen LogP contribution in [0, 0.1) is 0 Å². The van der Waals surface area contributed by atoms with Crippen molar-refractivity contribution < 1.29 is 9.53 Å². The van der Waals surface area contributed by atoms with E-state index in [1.807, 2.05) is 0 Å². The highest BCUT2D eigenvalue weighted by Crippen LogP contribution is 2.12. The molecule has 4 nitrogen and oxygen atoms in total. The Morgan fingerprint density at radius 1 is 1.65 bits per heavy atom. The quantitative estimate of drug-likeness (QED) is 0.782. The molecule has 1 fully saturated rings. The van der Waals surface area contributed by atoms with Gasteiger partial charge in [0.05, 0.1) is 18.6 Å². The number of carbonyl (C=O) groups excluding carboxylic acids is 1. The van der Waals surface area contributed by atoms with Gasteiger partial charge >= 0.3 is 0 Å². The molecule has 2 heterocycles. The van der Waals surface area contributed by atoms with Crippen LogP contribution < -0.4 is 0 Å². The standard InChI is InChI=1S/C11H12BrClN2O2/c12-8-1-2-10(14-6-8)11(16)15-3-4-17-9(5-13)7-15/h1-2,6,9H,3-5,7H2. The highest BCUT2D eigenvalue weighted by molar-refractivity contribution is 9.10. The summed E-state index contributed by atoms with van der Waals surface area (Å²) in [4.78, 5) is 17.9. The average Bonchev–Trinajstić information content (AvgIpc) is 2.39. The number of hydrogen-bond acceptors (Lipinski definition) is 3. The van der Waals surface area contributed by atoms with Crippen molar-refractivity contribution in [2.75, 3.05) is 25.6 Å². The minimum absolute atomic E-state index is 0.0732. The molecule has 92 valence electrons. The molecule has 2 rings (SSSR count). The number of rotatable bonds is 2. The lowest BCUT2D eigenvalue weighted by atomic mass is 10.2.